The second-order valence-corrected chi connectivity index (χ2v) is 1.84. The van der Waals surface area contributed by atoms with E-state index in [1.807, 2.05) is 0 Å². The zero-order chi connectivity index (χ0) is 9.56. The molecule has 1 rings (SSSR count). The number of halogens is 2. The third-order valence-corrected chi connectivity index (χ3v) is 1.01. The molecule has 0 aromatic heterocycles. The third-order valence-electron chi connectivity index (χ3n) is 1.01. The van der Waals surface area contributed by atoms with Gasteiger partial charge in [0.2, 0.25) is 6.93 Å². The Hall–Kier alpha value is -1.52. The second kappa shape index (κ2) is 5.17. The van der Waals surface area contributed by atoms with Crippen LogP contribution in [-0.2, 0) is 0 Å². The Balaban J connectivity index is 0.000000354. The minimum atomic E-state index is -1.75. The van der Waals surface area contributed by atoms with E-state index in [0.717, 1.165) is 0 Å². The predicted molar refractivity (Wildman–Crippen MR) is 41.3 cm³/mol. The highest BCUT2D eigenvalue weighted by atomic mass is 19.3. The number of rotatable bonds is 0. The van der Waals surface area contributed by atoms with E-state index >= 15 is 0 Å². The van der Waals surface area contributed by atoms with Gasteiger partial charge >= 0.3 is 0 Å². The van der Waals surface area contributed by atoms with Crippen molar-refractivity contribution in [3.8, 4) is 11.5 Å². The number of phenolic OH excluding ortho intramolecular Hbond substituents is 2. The van der Waals surface area contributed by atoms with Gasteiger partial charge in [0.05, 0.1) is 5.69 Å². The number of phenols is 2. The van der Waals surface area contributed by atoms with Gasteiger partial charge in [0.1, 0.15) is 11.5 Å². The maximum atomic E-state index is 9.62. The summed E-state index contributed by atoms with van der Waals surface area (Å²) in [5, 5.41) is 17.6. The van der Waals surface area contributed by atoms with Crippen molar-refractivity contribution < 1.29 is 19.0 Å². The lowest BCUT2D eigenvalue weighted by Crippen LogP contribution is -1.83. The fourth-order valence-corrected chi connectivity index (χ4v) is 0.542. The molecule has 1 aromatic rings. The second-order valence-electron chi connectivity index (χ2n) is 1.84. The summed E-state index contributed by atoms with van der Waals surface area (Å²) in [7, 11) is 0. The maximum Gasteiger partial charge on any atom is 0.229 e. The van der Waals surface area contributed by atoms with Crippen molar-refractivity contribution in [1.82, 2.24) is 0 Å². The topological polar surface area (TPSA) is 66.5 Å². The van der Waals surface area contributed by atoms with Crippen LogP contribution in [0.25, 0.3) is 0 Å². The molecule has 0 bridgehead atoms. The molecule has 0 aliphatic rings. The first-order valence-electron chi connectivity index (χ1n) is 3.01. The predicted octanol–water partition coefficient (Wildman–Crippen LogP) is 1.56. The van der Waals surface area contributed by atoms with E-state index in [2.05, 4.69) is 0 Å². The molecular weight excluding hydrogens is 168 g/mol. The van der Waals surface area contributed by atoms with Crippen LogP contribution in [0.2, 0.25) is 0 Å². The van der Waals surface area contributed by atoms with Crippen LogP contribution in [0.3, 0.4) is 0 Å². The van der Waals surface area contributed by atoms with Gasteiger partial charge in [-0.2, -0.15) is 0 Å². The van der Waals surface area contributed by atoms with Crippen LogP contribution >= 0.6 is 0 Å². The molecule has 0 saturated heterocycles. The van der Waals surface area contributed by atoms with Gasteiger partial charge in [-0.3, -0.25) is 0 Å². The van der Waals surface area contributed by atoms with Gasteiger partial charge in [-0.25, -0.2) is 8.78 Å². The molecule has 0 radical (unpaired) electrons. The lowest BCUT2D eigenvalue weighted by Gasteiger charge is -1.96. The van der Waals surface area contributed by atoms with E-state index in [9.17, 15) is 8.78 Å². The van der Waals surface area contributed by atoms with Crippen LogP contribution < -0.4 is 5.73 Å². The number of nitrogen functional groups attached to an aromatic ring is 1. The normalized spacial score (nSPS) is 8.50. The Labute approximate surface area is 68.1 Å². The molecule has 3 nitrogen and oxygen atoms in total. The van der Waals surface area contributed by atoms with Crippen LogP contribution in [0.4, 0.5) is 14.5 Å². The molecule has 0 atom stereocenters. The number of hydrogen-bond donors (Lipinski definition) is 3. The van der Waals surface area contributed by atoms with Gasteiger partial charge in [-0.05, 0) is 12.1 Å². The van der Waals surface area contributed by atoms with Crippen LogP contribution in [0.15, 0.2) is 18.2 Å². The van der Waals surface area contributed by atoms with Gasteiger partial charge < -0.3 is 15.9 Å². The molecule has 0 aliphatic heterocycles. The highest BCUT2D eigenvalue weighted by Crippen LogP contribution is 2.23. The number of alkyl halides is 2. The average Bonchev–Trinajstić information content (AvgIpc) is 1.99. The average molecular weight is 177 g/mol. The lowest BCUT2D eigenvalue weighted by atomic mass is 10.3. The smallest absolute Gasteiger partial charge is 0.229 e. The summed E-state index contributed by atoms with van der Waals surface area (Å²) < 4.78 is 19.2. The van der Waals surface area contributed by atoms with E-state index in [1.54, 1.807) is 0 Å². The van der Waals surface area contributed by atoms with Crippen LogP contribution in [0, 0.1) is 0 Å². The number of hydrogen-bond acceptors (Lipinski definition) is 3. The molecule has 0 unspecified atom stereocenters. The summed E-state index contributed by atoms with van der Waals surface area (Å²) in [5.41, 5.74) is 5.40. The standard InChI is InChI=1S/C6H7NO2.CH2F2/c7-5-3-4(8)1-2-6(5)9;2-1-3/h1-3,8-9H,7H2;1H2. The van der Waals surface area contributed by atoms with Crippen molar-refractivity contribution in [2.45, 2.75) is 0 Å². The lowest BCUT2D eigenvalue weighted by molar-refractivity contribution is 0.295. The minimum absolute atomic E-state index is 0.00667. The van der Waals surface area contributed by atoms with Crippen LogP contribution in [0.5, 0.6) is 11.5 Å². The van der Waals surface area contributed by atoms with Crippen molar-refractivity contribution in [3.63, 3.8) is 0 Å². The van der Waals surface area contributed by atoms with Gasteiger partial charge in [0.25, 0.3) is 0 Å². The first-order valence-corrected chi connectivity index (χ1v) is 3.01. The molecule has 0 amide bonds. The van der Waals surface area contributed by atoms with Crippen LogP contribution in [0.1, 0.15) is 0 Å². The molecule has 12 heavy (non-hydrogen) atoms. The maximum absolute atomic E-state index is 9.62. The number of benzene rings is 1. The molecule has 4 N–H and O–H groups in total. The Morgan fingerprint density at radius 3 is 2.08 bits per heavy atom. The van der Waals surface area contributed by atoms with E-state index < -0.39 is 6.93 Å². The molecule has 0 saturated carbocycles. The molecule has 5 heteroatoms. The van der Waals surface area contributed by atoms with E-state index in [0.29, 0.717) is 0 Å². The van der Waals surface area contributed by atoms with Gasteiger partial charge in [0.15, 0.2) is 0 Å². The Morgan fingerprint density at radius 1 is 1.25 bits per heavy atom. The molecule has 0 fully saturated rings. The summed E-state index contributed by atoms with van der Waals surface area (Å²) in [6, 6.07) is 3.99. The summed E-state index contributed by atoms with van der Waals surface area (Å²) >= 11 is 0. The quantitative estimate of drug-likeness (QED) is 0.320. The zero-order valence-electron chi connectivity index (χ0n) is 6.17. The molecule has 0 aliphatic carbocycles. The van der Waals surface area contributed by atoms with Gasteiger partial charge in [-0.15, -0.1) is 0 Å². The Morgan fingerprint density at radius 2 is 1.75 bits per heavy atom. The molecular formula is C7H9F2NO2. The van der Waals surface area contributed by atoms with Crippen molar-refractivity contribution in [1.29, 1.82) is 0 Å². The first kappa shape index (κ1) is 10.5. The van der Waals surface area contributed by atoms with E-state index in [4.69, 9.17) is 15.9 Å². The highest BCUT2D eigenvalue weighted by molar-refractivity contribution is 5.54. The summed E-state index contributed by atoms with van der Waals surface area (Å²) in [4.78, 5) is 0. The first-order chi connectivity index (χ1) is 5.61. The zero-order valence-corrected chi connectivity index (χ0v) is 6.17. The summed E-state index contributed by atoms with van der Waals surface area (Å²) in [6.07, 6.45) is 0. The van der Waals surface area contributed by atoms with Crippen molar-refractivity contribution in [3.05, 3.63) is 18.2 Å². The summed E-state index contributed by atoms with van der Waals surface area (Å²) in [5.74, 6) is 0.0538. The number of anilines is 1. The van der Waals surface area contributed by atoms with E-state index in [-0.39, 0.29) is 17.2 Å². The van der Waals surface area contributed by atoms with E-state index in [1.165, 1.54) is 18.2 Å². The minimum Gasteiger partial charge on any atom is -0.508 e. The van der Waals surface area contributed by atoms with Gasteiger partial charge in [-0.1, -0.05) is 0 Å². The largest absolute Gasteiger partial charge is 0.508 e. The number of aromatic hydroxyl groups is 2. The molecule has 0 heterocycles. The monoisotopic (exact) mass is 177 g/mol. The van der Waals surface area contributed by atoms with Crippen LogP contribution in [-0.4, -0.2) is 17.1 Å². The molecule has 1 aromatic carbocycles. The summed E-state index contributed by atoms with van der Waals surface area (Å²) in [6.45, 7) is -1.75. The molecule has 0 spiro atoms. The number of nitrogens with two attached hydrogens (primary N) is 1. The molecule has 68 valence electrons. The Bertz CT molecular complexity index is 243. The Kier molecular flexibility index (Phi) is 4.52. The fraction of sp³-hybridized carbons (Fsp3) is 0.143. The van der Waals surface area contributed by atoms with Crippen molar-refractivity contribution in [2.75, 3.05) is 12.7 Å². The van der Waals surface area contributed by atoms with Crippen molar-refractivity contribution in [2.24, 2.45) is 0 Å². The SMILES string of the molecule is FCF.Nc1cc(O)ccc1O. The fourth-order valence-electron chi connectivity index (χ4n) is 0.542. The highest BCUT2D eigenvalue weighted by Gasteiger charge is 1.94. The van der Waals surface area contributed by atoms with Crippen molar-refractivity contribution >= 4 is 5.69 Å². The van der Waals surface area contributed by atoms with Gasteiger partial charge in [0, 0.05) is 6.07 Å². The third kappa shape index (κ3) is 3.60.